The SMILES string of the molecule is C=C(C(=O)O)C(CC)CCCC. The lowest BCUT2D eigenvalue weighted by Crippen LogP contribution is -2.10. The van der Waals surface area contributed by atoms with Crippen molar-refractivity contribution in [2.75, 3.05) is 0 Å². The average molecular weight is 170 g/mol. The summed E-state index contributed by atoms with van der Waals surface area (Å²) in [5.74, 6) is -0.680. The van der Waals surface area contributed by atoms with Crippen LogP contribution in [0.4, 0.5) is 0 Å². The zero-order chi connectivity index (χ0) is 9.56. The summed E-state index contributed by atoms with van der Waals surface area (Å²) < 4.78 is 0. The number of rotatable bonds is 6. The molecule has 0 fully saturated rings. The van der Waals surface area contributed by atoms with Crippen LogP contribution in [0.15, 0.2) is 12.2 Å². The minimum Gasteiger partial charge on any atom is -0.478 e. The molecule has 2 heteroatoms. The highest BCUT2D eigenvalue weighted by atomic mass is 16.4. The molecule has 12 heavy (non-hydrogen) atoms. The highest BCUT2D eigenvalue weighted by Gasteiger charge is 2.15. The monoisotopic (exact) mass is 170 g/mol. The number of carbonyl (C=O) groups is 1. The van der Waals surface area contributed by atoms with Gasteiger partial charge in [-0.15, -0.1) is 0 Å². The van der Waals surface area contributed by atoms with E-state index in [-0.39, 0.29) is 5.92 Å². The maximum absolute atomic E-state index is 10.6. The Morgan fingerprint density at radius 1 is 1.50 bits per heavy atom. The largest absolute Gasteiger partial charge is 0.478 e. The van der Waals surface area contributed by atoms with Gasteiger partial charge in [0, 0.05) is 5.57 Å². The maximum Gasteiger partial charge on any atom is 0.331 e. The molecule has 0 heterocycles. The second kappa shape index (κ2) is 5.81. The Morgan fingerprint density at radius 2 is 2.08 bits per heavy atom. The van der Waals surface area contributed by atoms with Crippen molar-refractivity contribution in [2.45, 2.75) is 39.5 Å². The molecule has 1 N–H and O–H groups in total. The molecular weight excluding hydrogens is 152 g/mol. The molecule has 0 amide bonds. The van der Waals surface area contributed by atoms with E-state index in [0.717, 1.165) is 25.7 Å². The van der Waals surface area contributed by atoms with Crippen LogP contribution in [0.2, 0.25) is 0 Å². The lowest BCUT2D eigenvalue weighted by molar-refractivity contribution is -0.133. The third-order valence-corrected chi connectivity index (χ3v) is 2.17. The Kier molecular flexibility index (Phi) is 5.43. The molecule has 2 nitrogen and oxygen atoms in total. The molecule has 0 bridgehead atoms. The van der Waals surface area contributed by atoms with E-state index >= 15 is 0 Å². The number of carboxylic acids is 1. The molecule has 0 rings (SSSR count). The summed E-state index contributed by atoms with van der Waals surface area (Å²) in [7, 11) is 0. The first-order valence-electron chi connectivity index (χ1n) is 4.55. The molecular formula is C10H18O2. The molecule has 0 aliphatic carbocycles. The normalized spacial score (nSPS) is 12.5. The maximum atomic E-state index is 10.6. The fraction of sp³-hybridized carbons (Fsp3) is 0.700. The molecule has 0 aromatic carbocycles. The van der Waals surface area contributed by atoms with Gasteiger partial charge in [-0.2, -0.15) is 0 Å². The van der Waals surface area contributed by atoms with Crippen LogP contribution < -0.4 is 0 Å². The second-order valence-corrected chi connectivity index (χ2v) is 3.08. The molecule has 0 aromatic rings. The molecule has 70 valence electrons. The molecule has 0 aliphatic heterocycles. The fourth-order valence-corrected chi connectivity index (χ4v) is 1.25. The third kappa shape index (κ3) is 3.56. The molecule has 0 saturated carbocycles. The number of carboxylic acid groups (broad SMARTS) is 1. The van der Waals surface area contributed by atoms with Crippen LogP contribution in [-0.4, -0.2) is 11.1 Å². The van der Waals surface area contributed by atoms with E-state index in [1.807, 2.05) is 6.92 Å². The van der Waals surface area contributed by atoms with Crippen molar-refractivity contribution >= 4 is 5.97 Å². The van der Waals surface area contributed by atoms with Crippen molar-refractivity contribution in [3.8, 4) is 0 Å². The van der Waals surface area contributed by atoms with Gasteiger partial charge in [0.2, 0.25) is 0 Å². The zero-order valence-corrected chi connectivity index (χ0v) is 7.97. The zero-order valence-electron chi connectivity index (χ0n) is 7.97. The highest BCUT2D eigenvalue weighted by molar-refractivity contribution is 5.86. The van der Waals surface area contributed by atoms with Gasteiger partial charge >= 0.3 is 5.97 Å². The van der Waals surface area contributed by atoms with Crippen LogP contribution in [-0.2, 0) is 4.79 Å². The minimum absolute atomic E-state index is 0.169. The Labute approximate surface area is 74.3 Å². The lowest BCUT2D eigenvalue weighted by atomic mass is 9.92. The van der Waals surface area contributed by atoms with Gasteiger partial charge in [0.05, 0.1) is 0 Å². The second-order valence-electron chi connectivity index (χ2n) is 3.08. The number of aliphatic carboxylic acids is 1. The minimum atomic E-state index is -0.849. The molecule has 0 saturated heterocycles. The third-order valence-electron chi connectivity index (χ3n) is 2.17. The highest BCUT2D eigenvalue weighted by Crippen LogP contribution is 2.20. The first kappa shape index (κ1) is 11.2. The predicted octanol–water partition coefficient (Wildman–Crippen LogP) is 2.84. The Morgan fingerprint density at radius 3 is 2.42 bits per heavy atom. The summed E-state index contributed by atoms with van der Waals surface area (Å²) in [6.07, 6.45) is 4.04. The molecule has 0 aliphatic rings. The van der Waals surface area contributed by atoms with Gasteiger partial charge in [0.15, 0.2) is 0 Å². The molecule has 0 spiro atoms. The van der Waals surface area contributed by atoms with Crippen LogP contribution in [0.3, 0.4) is 0 Å². The molecule has 1 atom stereocenters. The summed E-state index contributed by atoms with van der Waals surface area (Å²) >= 11 is 0. The first-order chi connectivity index (χ1) is 5.63. The van der Waals surface area contributed by atoms with Crippen molar-refractivity contribution in [2.24, 2.45) is 5.92 Å². The van der Waals surface area contributed by atoms with Gasteiger partial charge in [-0.25, -0.2) is 4.79 Å². The van der Waals surface area contributed by atoms with Gasteiger partial charge in [-0.3, -0.25) is 0 Å². The quantitative estimate of drug-likeness (QED) is 0.622. The van der Waals surface area contributed by atoms with E-state index in [0.29, 0.717) is 5.57 Å². The van der Waals surface area contributed by atoms with Crippen LogP contribution in [0, 0.1) is 5.92 Å². The lowest BCUT2D eigenvalue weighted by Gasteiger charge is -2.13. The Bertz CT molecular complexity index is 161. The fourth-order valence-electron chi connectivity index (χ4n) is 1.25. The summed E-state index contributed by atoms with van der Waals surface area (Å²) in [6.45, 7) is 7.69. The topological polar surface area (TPSA) is 37.3 Å². The molecule has 0 radical (unpaired) electrons. The summed E-state index contributed by atoms with van der Waals surface area (Å²) in [4.78, 5) is 10.6. The van der Waals surface area contributed by atoms with Gasteiger partial charge < -0.3 is 5.11 Å². The van der Waals surface area contributed by atoms with Crippen molar-refractivity contribution in [1.29, 1.82) is 0 Å². The summed E-state index contributed by atoms with van der Waals surface area (Å²) in [6, 6.07) is 0. The number of unbranched alkanes of at least 4 members (excludes halogenated alkanes) is 1. The summed E-state index contributed by atoms with van der Waals surface area (Å²) in [5, 5.41) is 8.68. The first-order valence-corrected chi connectivity index (χ1v) is 4.55. The number of hydrogen-bond acceptors (Lipinski definition) is 1. The van der Waals surface area contributed by atoms with Crippen molar-refractivity contribution in [3.05, 3.63) is 12.2 Å². The van der Waals surface area contributed by atoms with E-state index in [2.05, 4.69) is 13.5 Å². The predicted molar refractivity (Wildman–Crippen MR) is 50.1 cm³/mol. The smallest absolute Gasteiger partial charge is 0.331 e. The summed E-state index contributed by atoms with van der Waals surface area (Å²) in [5.41, 5.74) is 0.367. The van der Waals surface area contributed by atoms with E-state index in [4.69, 9.17) is 5.11 Å². The average Bonchev–Trinajstić information content (AvgIpc) is 2.05. The van der Waals surface area contributed by atoms with E-state index in [1.54, 1.807) is 0 Å². The van der Waals surface area contributed by atoms with Gasteiger partial charge in [-0.05, 0) is 18.8 Å². The van der Waals surface area contributed by atoms with E-state index in [9.17, 15) is 4.79 Å². The van der Waals surface area contributed by atoms with Crippen molar-refractivity contribution < 1.29 is 9.90 Å². The standard InChI is InChI=1S/C10H18O2/c1-4-6-7-9(5-2)8(3)10(11)12/h9H,3-7H2,1-2H3,(H,11,12). The van der Waals surface area contributed by atoms with Gasteiger partial charge in [0.1, 0.15) is 0 Å². The van der Waals surface area contributed by atoms with E-state index in [1.165, 1.54) is 0 Å². The van der Waals surface area contributed by atoms with Crippen molar-refractivity contribution in [3.63, 3.8) is 0 Å². The van der Waals surface area contributed by atoms with Crippen LogP contribution in [0.25, 0.3) is 0 Å². The van der Waals surface area contributed by atoms with Crippen LogP contribution in [0.5, 0.6) is 0 Å². The van der Waals surface area contributed by atoms with Gasteiger partial charge in [0.25, 0.3) is 0 Å². The van der Waals surface area contributed by atoms with Crippen LogP contribution >= 0.6 is 0 Å². The van der Waals surface area contributed by atoms with Crippen molar-refractivity contribution in [1.82, 2.24) is 0 Å². The van der Waals surface area contributed by atoms with Gasteiger partial charge in [-0.1, -0.05) is 33.3 Å². The Balaban J connectivity index is 3.96. The van der Waals surface area contributed by atoms with E-state index < -0.39 is 5.97 Å². The molecule has 1 unspecified atom stereocenters. The number of hydrogen-bond donors (Lipinski definition) is 1. The van der Waals surface area contributed by atoms with Crippen LogP contribution in [0.1, 0.15) is 39.5 Å². The molecule has 0 aromatic heterocycles. The Hall–Kier alpha value is -0.790.